The summed E-state index contributed by atoms with van der Waals surface area (Å²) in [5.41, 5.74) is 7.85. The van der Waals surface area contributed by atoms with Crippen LogP contribution in [0.3, 0.4) is 0 Å². The third-order valence-electron chi connectivity index (χ3n) is 2.80. The van der Waals surface area contributed by atoms with Gasteiger partial charge >= 0.3 is 0 Å². The molecule has 1 rings (SSSR count). The molecule has 18 heavy (non-hydrogen) atoms. The van der Waals surface area contributed by atoms with Crippen molar-refractivity contribution in [3.05, 3.63) is 35.4 Å². The maximum atomic E-state index is 11.6. The van der Waals surface area contributed by atoms with Gasteiger partial charge in [-0.25, -0.2) is 0 Å². The van der Waals surface area contributed by atoms with Gasteiger partial charge in [-0.2, -0.15) is 0 Å². The van der Waals surface area contributed by atoms with E-state index in [4.69, 9.17) is 18.0 Å². The first kappa shape index (κ1) is 14.6. The van der Waals surface area contributed by atoms with E-state index in [9.17, 15) is 4.79 Å². The second-order valence-corrected chi connectivity index (χ2v) is 4.87. The first-order chi connectivity index (χ1) is 8.59. The maximum absolute atomic E-state index is 11.6. The molecule has 0 saturated carbocycles. The molecule has 0 fully saturated rings. The van der Waals surface area contributed by atoms with Gasteiger partial charge in [-0.3, -0.25) is 4.79 Å². The molecule has 0 aromatic heterocycles. The Kier molecular flexibility index (Phi) is 6.36. The van der Waals surface area contributed by atoms with Gasteiger partial charge in [0.2, 0.25) is 5.91 Å². The van der Waals surface area contributed by atoms with E-state index in [2.05, 4.69) is 24.4 Å². The summed E-state index contributed by atoms with van der Waals surface area (Å²) in [6.45, 7) is 2.71. The summed E-state index contributed by atoms with van der Waals surface area (Å²) < 4.78 is 0. The Labute approximate surface area is 114 Å². The number of nitrogens with two attached hydrogens (primary N) is 1. The Morgan fingerprint density at radius 2 is 2.06 bits per heavy atom. The Morgan fingerprint density at radius 3 is 2.72 bits per heavy atom. The van der Waals surface area contributed by atoms with Crippen molar-refractivity contribution in [3.8, 4) is 0 Å². The van der Waals surface area contributed by atoms with Gasteiger partial charge in [0.15, 0.2) is 0 Å². The lowest BCUT2D eigenvalue weighted by Crippen LogP contribution is -2.25. The molecule has 0 unspecified atom stereocenters. The van der Waals surface area contributed by atoms with Crippen molar-refractivity contribution in [2.24, 2.45) is 5.73 Å². The molecule has 0 spiro atoms. The van der Waals surface area contributed by atoms with Crippen LogP contribution in [0.25, 0.3) is 0 Å². The molecular formula is C14H20N2OS. The fraction of sp³-hybridized carbons (Fsp3) is 0.429. The summed E-state index contributed by atoms with van der Waals surface area (Å²) in [7, 11) is 0. The second-order valence-electron chi connectivity index (χ2n) is 4.35. The summed E-state index contributed by atoms with van der Waals surface area (Å²) in [6, 6.07) is 8.14. The highest BCUT2D eigenvalue weighted by Crippen LogP contribution is 2.09. The summed E-state index contributed by atoms with van der Waals surface area (Å²) in [6.07, 6.45) is 2.81. The predicted molar refractivity (Wildman–Crippen MR) is 78.5 cm³/mol. The van der Waals surface area contributed by atoms with E-state index in [-0.39, 0.29) is 5.91 Å². The normalized spacial score (nSPS) is 10.1. The lowest BCUT2D eigenvalue weighted by atomic mass is 10.0. The van der Waals surface area contributed by atoms with E-state index in [1.807, 2.05) is 12.1 Å². The van der Waals surface area contributed by atoms with Crippen molar-refractivity contribution in [1.82, 2.24) is 5.32 Å². The molecule has 98 valence electrons. The highest BCUT2D eigenvalue weighted by Gasteiger charge is 2.03. The fourth-order valence-corrected chi connectivity index (χ4v) is 1.86. The summed E-state index contributed by atoms with van der Waals surface area (Å²) >= 11 is 4.77. The van der Waals surface area contributed by atoms with Crippen molar-refractivity contribution in [2.75, 3.05) is 6.54 Å². The minimum absolute atomic E-state index is 0.0844. The minimum Gasteiger partial charge on any atom is -0.393 e. The minimum atomic E-state index is 0.0844. The van der Waals surface area contributed by atoms with Crippen LogP contribution < -0.4 is 11.1 Å². The topological polar surface area (TPSA) is 55.1 Å². The molecular weight excluding hydrogens is 244 g/mol. The molecule has 0 aliphatic carbocycles. The monoisotopic (exact) mass is 264 g/mol. The van der Waals surface area contributed by atoms with E-state index >= 15 is 0 Å². The van der Waals surface area contributed by atoms with Gasteiger partial charge in [0.1, 0.15) is 0 Å². The average molecular weight is 264 g/mol. The van der Waals surface area contributed by atoms with E-state index in [0.717, 1.165) is 12.8 Å². The Hall–Kier alpha value is -1.42. The van der Waals surface area contributed by atoms with Crippen molar-refractivity contribution >= 4 is 23.1 Å². The van der Waals surface area contributed by atoms with E-state index in [1.165, 1.54) is 11.1 Å². The Morgan fingerprint density at radius 1 is 1.33 bits per heavy atom. The predicted octanol–water partition coefficient (Wildman–Crippen LogP) is 2.11. The zero-order chi connectivity index (χ0) is 13.4. The van der Waals surface area contributed by atoms with Crippen LogP contribution in [0, 0.1) is 6.92 Å². The average Bonchev–Trinajstić information content (AvgIpc) is 2.33. The smallest absolute Gasteiger partial charge is 0.220 e. The molecule has 1 aromatic rings. The molecule has 0 saturated heterocycles. The first-order valence-corrected chi connectivity index (χ1v) is 6.60. The standard InChI is InChI=1S/C14H20N2OS/c1-11-5-2-3-6-12(11)8-9-14(17)16-10-4-7-13(15)18/h2-3,5-6H,4,7-10H2,1H3,(H2,15,18)(H,16,17). The number of nitrogens with one attached hydrogen (secondary N) is 1. The highest BCUT2D eigenvalue weighted by atomic mass is 32.1. The third kappa shape index (κ3) is 5.77. The van der Waals surface area contributed by atoms with Crippen LogP contribution in [0.2, 0.25) is 0 Å². The second kappa shape index (κ2) is 7.82. The number of hydrogen-bond acceptors (Lipinski definition) is 2. The van der Waals surface area contributed by atoms with Gasteiger partial charge < -0.3 is 11.1 Å². The first-order valence-electron chi connectivity index (χ1n) is 6.19. The molecule has 0 aliphatic heterocycles. The SMILES string of the molecule is Cc1ccccc1CCC(=O)NCCCC(N)=S. The van der Waals surface area contributed by atoms with E-state index < -0.39 is 0 Å². The number of amides is 1. The molecule has 4 heteroatoms. The van der Waals surface area contributed by atoms with Crippen molar-refractivity contribution in [1.29, 1.82) is 0 Å². The maximum Gasteiger partial charge on any atom is 0.220 e. The van der Waals surface area contributed by atoms with Crippen LogP contribution in [-0.2, 0) is 11.2 Å². The summed E-state index contributed by atoms with van der Waals surface area (Å²) in [5.74, 6) is 0.0844. The lowest BCUT2D eigenvalue weighted by molar-refractivity contribution is -0.121. The van der Waals surface area contributed by atoms with Gasteiger partial charge in [-0.1, -0.05) is 36.5 Å². The molecule has 3 N–H and O–H groups in total. The zero-order valence-corrected chi connectivity index (χ0v) is 11.6. The molecule has 0 radical (unpaired) electrons. The van der Waals surface area contributed by atoms with Gasteiger partial charge in [0.25, 0.3) is 0 Å². The molecule has 0 bridgehead atoms. The van der Waals surface area contributed by atoms with Crippen LogP contribution in [0.5, 0.6) is 0 Å². The molecule has 0 atom stereocenters. The number of thiocarbonyl (C=S) groups is 1. The Bertz CT molecular complexity index is 418. The molecule has 0 aliphatic rings. The van der Waals surface area contributed by atoms with Crippen LogP contribution in [0.1, 0.15) is 30.4 Å². The molecule has 0 heterocycles. The van der Waals surface area contributed by atoms with Crippen LogP contribution >= 0.6 is 12.2 Å². The molecule has 1 aromatic carbocycles. The number of carbonyl (C=O) groups is 1. The highest BCUT2D eigenvalue weighted by molar-refractivity contribution is 7.80. The molecule has 3 nitrogen and oxygen atoms in total. The van der Waals surface area contributed by atoms with E-state index in [0.29, 0.717) is 24.4 Å². The van der Waals surface area contributed by atoms with Crippen LogP contribution in [0.15, 0.2) is 24.3 Å². The third-order valence-corrected chi connectivity index (χ3v) is 3.01. The van der Waals surface area contributed by atoms with Gasteiger partial charge in [-0.05, 0) is 37.3 Å². The van der Waals surface area contributed by atoms with Crippen molar-refractivity contribution < 1.29 is 4.79 Å². The molecule has 1 amide bonds. The van der Waals surface area contributed by atoms with Gasteiger partial charge in [0.05, 0.1) is 4.99 Å². The summed E-state index contributed by atoms with van der Waals surface area (Å²) in [4.78, 5) is 12.1. The lowest BCUT2D eigenvalue weighted by Gasteiger charge is -2.06. The van der Waals surface area contributed by atoms with Crippen molar-refractivity contribution in [2.45, 2.75) is 32.6 Å². The number of benzene rings is 1. The van der Waals surface area contributed by atoms with Gasteiger partial charge in [-0.15, -0.1) is 0 Å². The summed E-state index contributed by atoms with van der Waals surface area (Å²) in [5, 5.41) is 2.87. The number of rotatable bonds is 7. The Balaban J connectivity index is 2.21. The van der Waals surface area contributed by atoms with Crippen LogP contribution in [0.4, 0.5) is 0 Å². The quantitative estimate of drug-likeness (QED) is 0.586. The number of aryl methyl sites for hydroxylation is 2. The number of carbonyl (C=O) groups excluding carboxylic acids is 1. The fourth-order valence-electron chi connectivity index (χ4n) is 1.72. The largest absolute Gasteiger partial charge is 0.393 e. The van der Waals surface area contributed by atoms with Gasteiger partial charge in [0, 0.05) is 13.0 Å². The van der Waals surface area contributed by atoms with E-state index in [1.54, 1.807) is 0 Å². The van der Waals surface area contributed by atoms with Crippen molar-refractivity contribution in [3.63, 3.8) is 0 Å². The van der Waals surface area contributed by atoms with Crippen LogP contribution in [-0.4, -0.2) is 17.4 Å². The zero-order valence-electron chi connectivity index (χ0n) is 10.7. The number of hydrogen-bond donors (Lipinski definition) is 2.